The van der Waals surface area contributed by atoms with Crippen molar-refractivity contribution in [3.8, 4) is 0 Å². The molecular weight excluding hydrogens is 336 g/mol. The fourth-order valence-electron chi connectivity index (χ4n) is 4.66. The quantitative estimate of drug-likeness (QED) is 0.836. The number of carboxylic acids is 1. The lowest BCUT2D eigenvalue weighted by molar-refractivity contribution is -0.150. The third kappa shape index (κ3) is 3.59. The Kier molecular flexibility index (Phi) is 5.17. The highest BCUT2D eigenvalue weighted by Crippen LogP contribution is 2.37. The minimum atomic E-state index is -0.647. The molecule has 2 aliphatic heterocycles. The number of aryl methyl sites for hydroxylation is 2. The van der Waals surface area contributed by atoms with E-state index in [-0.39, 0.29) is 0 Å². The molecule has 0 spiro atoms. The lowest BCUT2D eigenvalue weighted by Crippen LogP contribution is -2.45. The first-order valence-corrected chi connectivity index (χ1v) is 10.1. The number of rotatable bonds is 5. The molecule has 4 heteroatoms. The van der Waals surface area contributed by atoms with Gasteiger partial charge in [-0.1, -0.05) is 36.4 Å². The number of hydrogen-bond donors (Lipinski definition) is 2. The van der Waals surface area contributed by atoms with Crippen LogP contribution in [-0.2, 0) is 17.6 Å². The van der Waals surface area contributed by atoms with E-state index in [0.29, 0.717) is 6.54 Å². The topological polar surface area (TPSA) is 52.6 Å². The second kappa shape index (κ2) is 7.73. The molecule has 0 amide bonds. The average molecular weight is 364 g/mol. The lowest BCUT2D eigenvalue weighted by atomic mass is 9.77. The predicted molar refractivity (Wildman–Crippen MR) is 109 cm³/mol. The third-order valence-electron chi connectivity index (χ3n) is 6.19. The highest BCUT2D eigenvalue weighted by molar-refractivity contribution is 5.75. The van der Waals surface area contributed by atoms with Crippen LogP contribution in [-0.4, -0.2) is 30.7 Å². The molecule has 0 radical (unpaired) electrons. The summed E-state index contributed by atoms with van der Waals surface area (Å²) in [5.41, 5.74) is 4.69. The molecule has 2 aromatic carbocycles. The van der Waals surface area contributed by atoms with Crippen LogP contribution >= 0.6 is 0 Å². The van der Waals surface area contributed by atoms with Crippen LogP contribution in [0.3, 0.4) is 0 Å². The van der Waals surface area contributed by atoms with E-state index in [1.165, 1.54) is 22.5 Å². The van der Waals surface area contributed by atoms with Gasteiger partial charge in [0.05, 0.1) is 5.41 Å². The number of carbonyl (C=O) groups is 1. The maximum Gasteiger partial charge on any atom is 0.310 e. The Hall–Kier alpha value is -2.33. The molecule has 1 fully saturated rings. The molecular formula is C23H28N2O2. The summed E-state index contributed by atoms with van der Waals surface area (Å²) in [6.45, 7) is 2.38. The van der Waals surface area contributed by atoms with Gasteiger partial charge < -0.3 is 15.3 Å². The van der Waals surface area contributed by atoms with Crippen molar-refractivity contribution in [2.75, 3.05) is 24.5 Å². The molecule has 142 valence electrons. The summed E-state index contributed by atoms with van der Waals surface area (Å²) >= 11 is 0. The van der Waals surface area contributed by atoms with Gasteiger partial charge in [-0.2, -0.15) is 0 Å². The van der Waals surface area contributed by atoms with Gasteiger partial charge in [-0.15, -0.1) is 0 Å². The summed E-state index contributed by atoms with van der Waals surface area (Å²) in [5, 5.41) is 13.1. The summed E-state index contributed by atoms with van der Waals surface area (Å²) in [6.07, 6.45) is 5.41. The molecule has 2 aliphatic rings. The molecule has 0 aromatic heterocycles. The predicted octanol–water partition coefficient (Wildman–Crippen LogP) is 4.16. The average Bonchev–Trinajstić information content (AvgIpc) is 2.86. The van der Waals surface area contributed by atoms with E-state index in [9.17, 15) is 9.90 Å². The van der Waals surface area contributed by atoms with E-state index >= 15 is 0 Å². The van der Waals surface area contributed by atoms with E-state index in [0.717, 1.165) is 51.6 Å². The van der Waals surface area contributed by atoms with Gasteiger partial charge in [0.25, 0.3) is 0 Å². The van der Waals surface area contributed by atoms with Crippen molar-refractivity contribution in [1.29, 1.82) is 0 Å². The van der Waals surface area contributed by atoms with E-state index in [1.54, 1.807) is 0 Å². The zero-order chi connectivity index (χ0) is 18.7. The van der Waals surface area contributed by atoms with Crippen LogP contribution in [0.1, 0.15) is 36.8 Å². The van der Waals surface area contributed by atoms with Gasteiger partial charge in [0.15, 0.2) is 0 Å². The number of benzene rings is 2. The highest BCUT2D eigenvalue weighted by atomic mass is 16.4. The summed E-state index contributed by atoms with van der Waals surface area (Å²) in [6, 6.07) is 17.3. The second-order valence-electron chi connectivity index (χ2n) is 7.88. The monoisotopic (exact) mass is 364 g/mol. The molecule has 2 aromatic rings. The summed E-state index contributed by atoms with van der Waals surface area (Å²) in [4.78, 5) is 14.4. The van der Waals surface area contributed by atoms with E-state index in [2.05, 4.69) is 58.7 Å². The van der Waals surface area contributed by atoms with Gasteiger partial charge in [-0.3, -0.25) is 4.79 Å². The summed E-state index contributed by atoms with van der Waals surface area (Å²) in [5.74, 6) is -0.647. The number of para-hydroxylation sites is 2. The fraction of sp³-hybridized carbons (Fsp3) is 0.435. The number of nitrogens with one attached hydrogen (secondary N) is 1. The maximum absolute atomic E-state index is 12.0. The smallest absolute Gasteiger partial charge is 0.310 e. The Labute approximate surface area is 161 Å². The minimum absolute atomic E-state index is 0.593. The van der Waals surface area contributed by atoms with Crippen LogP contribution in [0.25, 0.3) is 0 Å². The number of aliphatic carboxylic acids is 1. The van der Waals surface area contributed by atoms with Crippen molar-refractivity contribution < 1.29 is 9.90 Å². The van der Waals surface area contributed by atoms with Crippen LogP contribution in [0.2, 0.25) is 0 Å². The Morgan fingerprint density at radius 1 is 1.04 bits per heavy atom. The van der Waals surface area contributed by atoms with Crippen molar-refractivity contribution >= 4 is 17.3 Å². The number of piperidine rings is 1. The molecule has 1 unspecified atom stereocenters. The zero-order valence-electron chi connectivity index (χ0n) is 15.8. The molecule has 2 N–H and O–H groups in total. The van der Waals surface area contributed by atoms with Gasteiger partial charge in [-0.05, 0) is 68.3 Å². The van der Waals surface area contributed by atoms with Crippen LogP contribution in [0.5, 0.6) is 0 Å². The van der Waals surface area contributed by atoms with Crippen LogP contribution in [0.4, 0.5) is 11.4 Å². The first-order valence-electron chi connectivity index (χ1n) is 10.1. The first kappa shape index (κ1) is 18.1. The number of fused-ring (bicyclic) bond motifs is 2. The standard InChI is InChI=1S/C23H28N2O2/c26-22(27)23(13-5-15-24-17-23)14-6-16-25-20-9-3-1-7-18(20)11-12-19-8-2-4-10-21(19)25/h1-4,7-10,24H,5-6,11-17H2,(H,26,27). The molecule has 0 bridgehead atoms. The van der Waals surface area contributed by atoms with Crippen molar-refractivity contribution in [3.05, 3.63) is 59.7 Å². The van der Waals surface area contributed by atoms with Gasteiger partial charge in [0.1, 0.15) is 0 Å². The lowest BCUT2D eigenvalue weighted by Gasteiger charge is -2.35. The number of anilines is 2. The fourth-order valence-corrected chi connectivity index (χ4v) is 4.66. The summed E-state index contributed by atoms with van der Waals surface area (Å²) in [7, 11) is 0. The molecule has 0 aliphatic carbocycles. The van der Waals surface area contributed by atoms with E-state index in [1.807, 2.05) is 0 Å². The molecule has 2 heterocycles. The van der Waals surface area contributed by atoms with Gasteiger partial charge in [-0.25, -0.2) is 0 Å². The van der Waals surface area contributed by atoms with Crippen LogP contribution in [0.15, 0.2) is 48.5 Å². The minimum Gasteiger partial charge on any atom is -0.481 e. The Balaban J connectivity index is 1.57. The molecule has 4 nitrogen and oxygen atoms in total. The second-order valence-corrected chi connectivity index (χ2v) is 7.88. The van der Waals surface area contributed by atoms with Gasteiger partial charge >= 0.3 is 5.97 Å². The SMILES string of the molecule is O=C(O)C1(CCCN2c3ccccc3CCc3ccccc32)CCCNC1. The number of hydrogen-bond acceptors (Lipinski definition) is 3. The Bertz CT molecular complexity index is 764. The van der Waals surface area contributed by atoms with Gasteiger partial charge in [0, 0.05) is 24.5 Å². The van der Waals surface area contributed by atoms with Crippen LogP contribution < -0.4 is 10.2 Å². The largest absolute Gasteiger partial charge is 0.481 e. The first-order chi connectivity index (χ1) is 13.2. The Morgan fingerprint density at radius 3 is 2.22 bits per heavy atom. The number of nitrogens with zero attached hydrogens (tertiary/aromatic N) is 1. The van der Waals surface area contributed by atoms with Crippen molar-refractivity contribution in [2.45, 2.75) is 38.5 Å². The van der Waals surface area contributed by atoms with Crippen LogP contribution in [0, 0.1) is 5.41 Å². The van der Waals surface area contributed by atoms with E-state index in [4.69, 9.17) is 0 Å². The maximum atomic E-state index is 12.0. The number of carboxylic acid groups (broad SMARTS) is 1. The van der Waals surface area contributed by atoms with E-state index < -0.39 is 11.4 Å². The molecule has 1 saturated heterocycles. The van der Waals surface area contributed by atoms with Gasteiger partial charge in [0.2, 0.25) is 0 Å². The highest BCUT2D eigenvalue weighted by Gasteiger charge is 2.39. The molecule has 1 atom stereocenters. The molecule has 0 saturated carbocycles. The molecule has 27 heavy (non-hydrogen) atoms. The normalized spacial score (nSPS) is 21.9. The molecule has 4 rings (SSSR count). The Morgan fingerprint density at radius 2 is 1.67 bits per heavy atom. The summed E-state index contributed by atoms with van der Waals surface area (Å²) < 4.78 is 0. The third-order valence-corrected chi connectivity index (χ3v) is 6.19. The van der Waals surface area contributed by atoms with Crippen molar-refractivity contribution in [3.63, 3.8) is 0 Å². The van der Waals surface area contributed by atoms with Crippen molar-refractivity contribution in [1.82, 2.24) is 5.32 Å². The van der Waals surface area contributed by atoms with Crippen molar-refractivity contribution in [2.24, 2.45) is 5.41 Å². The zero-order valence-corrected chi connectivity index (χ0v) is 15.8.